The summed E-state index contributed by atoms with van der Waals surface area (Å²) in [6, 6.07) is -1.14. The van der Waals surface area contributed by atoms with Gasteiger partial charge in [-0.25, -0.2) is 13.6 Å². The molecule has 1 atom stereocenters. The first-order valence-electron chi connectivity index (χ1n) is 6.57. The molecule has 0 aliphatic heterocycles. The minimum Gasteiger partial charge on any atom is -0.444 e. The number of rotatable bonds is 5. The first-order chi connectivity index (χ1) is 8.54. The molecule has 0 saturated heterocycles. The number of ether oxygens (including phenoxy) is 1. The van der Waals surface area contributed by atoms with E-state index in [-0.39, 0.29) is 12.0 Å². The largest absolute Gasteiger partial charge is 0.444 e. The highest BCUT2D eigenvalue weighted by atomic mass is 19.3. The highest BCUT2D eigenvalue weighted by Crippen LogP contribution is 2.37. The van der Waals surface area contributed by atoms with Crippen LogP contribution in [0.2, 0.25) is 0 Å². The van der Waals surface area contributed by atoms with Crippen molar-refractivity contribution in [1.82, 2.24) is 4.90 Å². The molecule has 1 saturated carbocycles. The van der Waals surface area contributed by atoms with Gasteiger partial charge in [-0.3, -0.25) is 0 Å². The van der Waals surface area contributed by atoms with Crippen LogP contribution >= 0.6 is 0 Å². The lowest BCUT2D eigenvalue weighted by molar-refractivity contribution is -0.00945. The van der Waals surface area contributed by atoms with Crippen LogP contribution in [-0.4, -0.2) is 41.6 Å². The van der Waals surface area contributed by atoms with Crippen molar-refractivity contribution in [2.45, 2.75) is 70.1 Å². The van der Waals surface area contributed by atoms with Gasteiger partial charge in [0.1, 0.15) is 5.60 Å². The summed E-state index contributed by atoms with van der Waals surface area (Å²) in [6.45, 7) is 5.11. The van der Waals surface area contributed by atoms with Gasteiger partial charge < -0.3 is 15.4 Å². The Hall–Kier alpha value is -0.910. The third kappa shape index (κ3) is 5.30. The summed E-state index contributed by atoms with van der Waals surface area (Å²) in [5.41, 5.74) is 4.91. The second-order valence-corrected chi connectivity index (χ2v) is 6.39. The van der Waals surface area contributed by atoms with E-state index in [1.165, 1.54) is 7.05 Å². The van der Waals surface area contributed by atoms with Crippen LogP contribution in [0.3, 0.4) is 0 Å². The van der Waals surface area contributed by atoms with E-state index in [1.54, 1.807) is 20.8 Å². The van der Waals surface area contributed by atoms with Gasteiger partial charge in [0.05, 0.1) is 6.04 Å². The van der Waals surface area contributed by atoms with Crippen molar-refractivity contribution in [1.29, 1.82) is 0 Å². The predicted molar refractivity (Wildman–Crippen MR) is 69.2 cm³/mol. The monoisotopic (exact) mass is 278 g/mol. The Balaban J connectivity index is 2.56. The molecule has 4 nitrogen and oxygen atoms in total. The first kappa shape index (κ1) is 16.1. The number of hydrogen-bond acceptors (Lipinski definition) is 3. The van der Waals surface area contributed by atoms with Crippen LogP contribution in [0, 0.1) is 0 Å². The fourth-order valence-electron chi connectivity index (χ4n) is 1.80. The third-order valence-corrected chi connectivity index (χ3v) is 3.30. The average molecular weight is 278 g/mol. The van der Waals surface area contributed by atoms with Crippen LogP contribution < -0.4 is 5.73 Å². The fraction of sp³-hybridized carbons (Fsp3) is 0.923. The Bertz CT molecular complexity index is 325. The van der Waals surface area contributed by atoms with Crippen LogP contribution in [0.1, 0.15) is 46.5 Å². The van der Waals surface area contributed by atoms with Crippen molar-refractivity contribution < 1.29 is 18.3 Å². The number of hydrogen-bond donors (Lipinski definition) is 1. The van der Waals surface area contributed by atoms with Crippen molar-refractivity contribution in [3.8, 4) is 0 Å². The molecule has 0 aromatic carbocycles. The maximum atomic E-state index is 13.0. The molecule has 19 heavy (non-hydrogen) atoms. The van der Waals surface area contributed by atoms with Gasteiger partial charge in [-0.1, -0.05) is 0 Å². The lowest BCUT2D eigenvalue weighted by Gasteiger charge is -2.30. The Morgan fingerprint density at radius 3 is 2.32 bits per heavy atom. The topological polar surface area (TPSA) is 55.6 Å². The Morgan fingerprint density at radius 1 is 1.42 bits per heavy atom. The minimum absolute atomic E-state index is 0.198. The molecule has 0 radical (unpaired) electrons. The zero-order valence-electron chi connectivity index (χ0n) is 12.1. The molecular formula is C13H24F2N2O2. The third-order valence-electron chi connectivity index (χ3n) is 3.30. The van der Waals surface area contributed by atoms with Gasteiger partial charge in [-0.15, -0.1) is 0 Å². The number of amides is 1. The van der Waals surface area contributed by atoms with Gasteiger partial charge in [0.15, 0.2) is 0 Å². The van der Waals surface area contributed by atoms with E-state index in [0.717, 1.165) is 17.7 Å². The van der Waals surface area contributed by atoms with Gasteiger partial charge in [-0.2, -0.15) is 0 Å². The molecule has 0 spiro atoms. The number of carbonyl (C=O) groups is 1. The standard InChI is InChI=1S/C13H24F2N2O2/c1-12(2,3)19-11(18)17(4)9(10(14)15)5-6-13(16)7-8-13/h9-10H,5-8,16H2,1-4H3. The van der Waals surface area contributed by atoms with Crippen LogP contribution in [0.25, 0.3) is 0 Å². The Kier molecular flexibility index (Phi) is 4.76. The molecule has 0 heterocycles. The van der Waals surface area contributed by atoms with Crippen molar-refractivity contribution in [2.24, 2.45) is 5.73 Å². The molecule has 112 valence electrons. The average Bonchev–Trinajstić information content (AvgIpc) is 2.93. The summed E-state index contributed by atoms with van der Waals surface area (Å²) in [5, 5.41) is 0. The predicted octanol–water partition coefficient (Wildman–Crippen LogP) is 2.76. The summed E-state index contributed by atoms with van der Waals surface area (Å²) >= 11 is 0. The first-order valence-corrected chi connectivity index (χ1v) is 6.57. The molecule has 1 aliphatic rings. The number of nitrogens with two attached hydrogens (primary N) is 1. The number of nitrogens with zero attached hydrogens (tertiary/aromatic N) is 1. The van der Waals surface area contributed by atoms with E-state index < -0.39 is 24.2 Å². The zero-order chi connectivity index (χ0) is 14.8. The lowest BCUT2D eigenvalue weighted by atomic mass is 10.0. The fourth-order valence-corrected chi connectivity index (χ4v) is 1.80. The van der Waals surface area contributed by atoms with E-state index in [9.17, 15) is 13.6 Å². The van der Waals surface area contributed by atoms with Gasteiger partial charge in [0.25, 0.3) is 6.43 Å². The SMILES string of the molecule is CN(C(=O)OC(C)(C)C)C(CCC1(N)CC1)C(F)F. The van der Waals surface area contributed by atoms with Gasteiger partial charge in [0, 0.05) is 12.6 Å². The molecule has 0 aromatic rings. The molecule has 1 fully saturated rings. The van der Waals surface area contributed by atoms with Crippen molar-refractivity contribution >= 4 is 6.09 Å². The highest BCUT2D eigenvalue weighted by Gasteiger charge is 2.40. The number of carbonyl (C=O) groups excluding carboxylic acids is 1. The normalized spacial score (nSPS) is 19.2. The van der Waals surface area contributed by atoms with E-state index in [0.29, 0.717) is 6.42 Å². The molecular weight excluding hydrogens is 254 g/mol. The molecule has 0 aromatic heterocycles. The second-order valence-electron chi connectivity index (χ2n) is 6.39. The van der Waals surface area contributed by atoms with Crippen molar-refractivity contribution in [3.63, 3.8) is 0 Å². The lowest BCUT2D eigenvalue weighted by Crippen LogP contribution is -2.45. The van der Waals surface area contributed by atoms with Crippen LogP contribution in [0.5, 0.6) is 0 Å². The smallest absolute Gasteiger partial charge is 0.410 e. The van der Waals surface area contributed by atoms with E-state index in [4.69, 9.17) is 10.5 Å². The molecule has 6 heteroatoms. The molecule has 1 rings (SSSR count). The highest BCUT2D eigenvalue weighted by molar-refractivity contribution is 5.68. The van der Waals surface area contributed by atoms with Gasteiger partial charge >= 0.3 is 6.09 Å². The van der Waals surface area contributed by atoms with Crippen LogP contribution in [0.4, 0.5) is 13.6 Å². The molecule has 1 unspecified atom stereocenters. The summed E-state index contributed by atoms with van der Waals surface area (Å²) in [7, 11) is 1.35. The number of halogens is 2. The Morgan fingerprint density at radius 2 is 1.95 bits per heavy atom. The van der Waals surface area contributed by atoms with E-state index >= 15 is 0 Å². The van der Waals surface area contributed by atoms with E-state index in [1.807, 2.05) is 0 Å². The van der Waals surface area contributed by atoms with Gasteiger partial charge in [0.2, 0.25) is 0 Å². The van der Waals surface area contributed by atoms with Crippen LogP contribution in [0.15, 0.2) is 0 Å². The van der Waals surface area contributed by atoms with Crippen molar-refractivity contribution in [3.05, 3.63) is 0 Å². The van der Waals surface area contributed by atoms with Crippen LogP contribution in [-0.2, 0) is 4.74 Å². The molecule has 0 bridgehead atoms. The maximum Gasteiger partial charge on any atom is 0.410 e. The quantitative estimate of drug-likeness (QED) is 0.841. The molecule has 2 N–H and O–H groups in total. The maximum absolute atomic E-state index is 13.0. The molecule has 1 aliphatic carbocycles. The summed E-state index contributed by atoms with van der Waals surface area (Å²) in [6.07, 6.45) is -0.864. The number of alkyl halides is 2. The summed E-state index contributed by atoms with van der Waals surface area (Å²) in [4.78, 5) is 12.8. The molecule has 1 amide bonds. The van der Waals surface area contributed by atoms with Crippen molar-refractivity contribution in [2.75, 3.05) is 7.05 Å². The van der Waals surface area contributed by atoms with Gasteiger partial charge in [-0.05, 0) is 46.5 Å². The second kappa shape index (κ2) is 5.61. The summed E-state index contributed by atoms with van der Waals surface area (Å²) < 4.78 is 31.2. The zero-order valence-corrected chi connectivity index (χ0v) is 12.1. The van der Waals surface area contributed by atoms with E-state index in [2.05, 4.69) is 0 Å². The summed E-state index contributed by atoms with van der Waals surface area (Å²) in [5.74, 6) is 0. The Labute approximate surface area is 113 Å². The minimum atomic E-state index is -2.60.